The van der Waals surface area contributed by atoms with Gasteiger partial charge in [0, 0.05) is 31.6 Å². The van der Waals surface area contributed by atoms with Crippen LogP contribution in [0.5, 0.6) is 0 Å². The number of ether oxygens (including phenoxy) is 4. The van der Waals surface area contributed by atoms with Gasteiger partial charge in [0.25, 0.3) is 0 Å². The first-order valence-electron chi connectivity index (χ1n) is 10.5. The lowest BCUT2D eigenvalue weighted by Crippen LogP contribution is -2.46. The van der Waals surface area contributed by atoms with Gasteiger partial charge in [0.05, 0.1) is 43.7 Å². The van der Waals surface area contributed by atoms with E-state index >= 15 is 0 Å². The van der Waals surface area contributed by atoms with Gasteiger partial charge in [-0.05, 0) is 34.6 Å². The van der Waals surface area contributed by atoms with Crippen LogP contribution in [0.1, 0.15) is 47.5 Å². The van der Waals surface area contributed by atoms with Crippen molar-refractivity contribution in [2.75, 3.05) is 26.0 Å². The van der Waals surface area contributed by atoms with E-state index in [0.717, 1.165) is 0 Å². The van der Waals surface area contributed by atoms with Crippen molar-refractivity contribution >= 4 is 17.2 Å². The minimum Gasteiger partial charge on any atom is -0.772 e. The van der Waals surface area contributed by atoms with Crippen molar-refractivity contribution in [2.24, 2.45) is 5.92 Å². The second-order valence-electron chi connectivity index (χ2n) is 9.63. The number of methoxy groups -OCH3 is 1. The molecule has 2 fully saturated rings. The molecule has 2 rings (SSSR count). The van der Waals surface area contributed by atoms with Gasteiger partial charge < -0.3 is 33.7 Å². The molecule has 0 aromatic heterocycles. The molecule has 2 unspecified atom stereocenters. The Morgan fingerprint density at radius 2 is 2.00 bits per heavy atom. The monoisotopic (exact) mass is 466 g/mol. The third-order valence-corrected chi connectivity index (χ3v) is 6.19. The minimum absolute atomic E-state index is 0.0930. The Kier molecular flexibility index (Phi) is 8.88. The molecular weight excluding hydrogens is 430 g/mol. The van der Waals surface area contributed by atoms with Gasteiger partial charge in [-0.1, -0.05) is 11.1 Å². The van der Waals surface area contributed by atoms with Crippen LogP contribution in [-0.4, -0.2) is 97.8 Å². The molecule has 10 nitrogen and oxygen atoms in total. The van der Waals surface area contributed by atoms with Gasteiger partial charge in [0.15, 0.2) is 0 Å². The lowest BCUT2D eigenvalue weighted by Gasteiger charge is -2.31. The Morgan fingerprint density at radius 1 is 1.35 bits per heavy atom. The van der Waals surface area contributed by atoms with E-state index in [9.17, 15) is 23.8 Å². The zero-order valence-corrected chi connectivity index (χ0v) is 19.9. The van der Waals surface area contributed by atoms with Gasteiger partial charge in [-0.25, -0.2) is 4.79 Å². The smallest absolute Gasteiger partial charge is 0.412 e. The molecule has 0 spiro atoms. The molecule has 2 heterocycles. The molecule has 2 aliphatic rings. The Labute approximate surface area is 186 Å². The van der Waals surface area contributed by atoms with Gasteiger partial charge in [0.1, 0.15) is 11.3 Å². The van der Waals surface area contributed by atoms with Crippen LogP contribution in [0, 0.1) is 5.92 Å². The van der Waals surface area contributed by atoms with E-state index in [1.54, 1.807) is 34.6 Å². The van der Waals surface area contributed by atoms with Crippen LogP contribution in [0.4, 0.5) is 4.79 Å². The number of aliphatic hydroxyl groups is 2. The highest BCUT2D eigenvalue weighted by Crippen LogP contribution is 2.38. The summed E-state index contributed by atoms with van der Waals surface area (Å²) in [5, 5.41) is 19.0. The maximum Gasteiger partial charge on any atom is 0.412 e. The average molecular weight is 467 g/mol. The van der Waals surface area contributed by atoms with Crippen molar-refractivity contribution in [1.82, 2.24) is 4.90 Å². The zero-order chi connectivity index (χ0) is 23.6. The van der Waals surface area contributed by atoms with E-state index in [2.05, 4.69) is 0 Å². The topological polar surface area (TPSA) is 138 Å². The second kappa shape index (κ2) is 10.4. The number of nitrogens with zero attached hydrogens (tertiary/aromatic N) is 1. The van der Waals surface area contributed by atoms with Crippen LogP contribution in [0.15, 0.2) is 0 Å². The third kappa shape index (κ3) is 7.08. The summed E-state index contributed by atoms with van der Waals surface area (Å²) in [4.78, 5) is 14.1. The number of rotatable bonds is 8. The molecule has 0 aromatic carbocycles. The van der Waals surface area contributed by atoms with E-state index in [1.165, 1.54) is 12.0 Å². The first-order valence-corrected chi connectivity index (χ1v) is 11.7. The lowest BCUT2D eigenvalue weighted by molar-refractivity contribution is -0.0959. The van der Waals surface area contributed by atoms with Crippen molar-refractivity contribution in [2.45, 2.75) is 89.3 Å². The third-order valence-electron chi connectivity index (χ3n) is 5.53. The van der Waals surface area contributed by atoms with E-state index in [0.29, 0.717) is 13.0 Å². The molecule has 11 heteroatoms. The molecule has 7 atom stereocenters. The Morgan fingerprint density at radius 3 is 2.52 bits per heavy atom. The SMILES string of the molecule is CO[C@@H]1[C@@H](CS(=O)[O-])[C@H](CC(O)CO)O[C@@H]1C[C@H]1CN(C(=O)OC(C)(C)C)C(C)(C)O1. The fraction of sp³-hybridized carbons (Fsp3) is 0.950. The quantitative estimate of drug-likeness (QED) is 0.497. The number of hydrogen-bond acceptors (Lipinski definition) is 9. The van der Waals surface area contributed by atoms with Gasteiger partial charge in [0.2, 0.25) is 0 Å². The van der Waals surface area contributed by atoms with Gasteiger partial charge in [-0.3, -0.25) is 9.11 Å². The van der Waals surface area contributed by atoms with E-state index in [-0.39, 0.29) is 18.3 Å². The molecule has 0 aromatic rings. The van der Waals surface area contributed by atoms with Crippen molar-refractivity contribution in [3.8, 4) is 0 Å². The molecule has 0 bridgehead atoms. The summed E-state index contributed by atoms with van der Waals surface area (Å²) in [6.45, 7) is 8.79. The van der Waals surface area contributed by atoms with Crippen LogP contribution in [-0.2, 0) is 30.0 Å². The largest absolute Gasteiger partial charge is 0.772 e. The summed E-state index contributed by atoms with van der Waals surface area (Å²) in [6.07, 6.45) is -3.02. The maximum atomic E-state index is 12.6. The highest BCUT2D eigenvalue weighted by molar-refractivity contribution is 7.79. The molecule has 0 saturated carbocycles. The maximum absolute atomic E-state index is 12.6. The number of carbonyl (C=O) groups is 1. The highest BCUT2D eigenvalue weighted by Gasteiger charge is 2.49. The fourth-order valence-corrected chi connectivity index (χ4v) is 4.98. The standard InChI is InChI=1S/C20H37NO9S/c1-19(2,3)30-18(24)21-9-13(29-20(21,4)5)8-16-17(27-6)14(11-31(25)26)15(28-16)7-12(23)10-22/h12-17,22-23H,7-11H2,1-6H3,(H,25,26)/p-1/t12?,13-,14-,15-,16+,17+/m0/s1. The molecule has 2 saturated heterocycles. The van der Waals surface area contributed by atoms with E-state index in [1.807, 2.05) is 0 Å². The van der Waals surface area contributed by atoms with Gasteiger partial charge >= 0.3 is 6.09 Å². The Hall–Kier alpha value is -0.820. The summed E-state index contributed by atoms with van der Waals surface area (Å²) in [5.41, 5.74) is -1.51. The zero-order valence-electron chi connectivity index (χ0n) is 19.1. The van der Waals surface area contributed by atoms with Crippen LogP contribution < -0.4 is 0 Å². The van der Waals surface area contributed by atoms with Crippen LogP contribution in [0.2, 0.25) is 0 Å². The normalized spacial score (nSPS) is 32.8. The number of carbonyl (C=O) groups excluding carboxylic acids is 1. The van der Waals surface area contributed by atoms with Crippen LogP contribution in [0.25, 0.3) is 0 Å². The molecule has 0 radical (unpaired) electrons. The molecular formula is C20H36NO9S-. The number of hydrogen-bond donors (Lipinski definition) is 2. The summed E-state index contributed by atoms with van der Waals surface area (Å²) >= 11 is -2.32. The average Bonchev–Trinajstić information content (AvgIpc) is 3.09. The summed E-state index contributed by atoms with van der Waals surface area (Å²) in [6, 6.07) is 0. The summed E-state index contributed by atoms with van der Waals surface area (Å²) in [7, 11) is 1.49. The van der Waals surface area contributed by atoms with Gasteiger partial charge in [-0.2, -0.15) is 0 Å². The lowest BCUT2D eigenvalue weighted by atomic mass is 9.93. The van der Waals surface area contributed by atoms with Gasteiger partial charge in [-0.15, -0.1) is 0 Å². The molecule has 0 aliphatic carbocycles. The first kappa shape index (κ1) is 26.4. The predicted octanol–water partition coefficient (Wildman–Crippen LogP) is 0.770. The highest BCUT2D eigenvalue weighted by atomic mass is 32.2. The molecule has 182 valence electrons. The molecule has 2 aliphatic heterocycles. The van der Waals surface area contributed by atoms with Crippen LogP contribution in [0.3, 0.4) is 0 Å². The minimum atomic E-state index is -2.32. The summed E-state index contributed by atoms with van der Waals surface area (Å²) < 4.78 is 46.0. The Bertz CT molecular complexity index is 639. The predicted molar refractivity (Wildman–Crippen MR) is 111 cm³/mol. The van der Waals surface area contributed by atoms with E-state index < -0.39 is 65.4 Å². The molecule has 2 N–H and O–H groups in total. The molecule has 1 amide bonds. The second-order valence-corrected chi connectivity index (χ2v) is 10.6. The van der Waals surface area contributed by atoms with Crippen molar-refractivity contribution in [3.63, 3.8) is 0 Å². The van der Waals surface area contributed by atoms with Crippen molar-refractivity contribution < 1.29 is 42.7 Å². The fourth-order valence-electron chi connectivity index (χ4n) is 4.26. The Balaban J connectivity index is 2.11. The summed E-state index contributed by atoms with van der Waals surface area (Å²) in [5.74, 6) is -0.676. The molecule has 31 heavy (non-hydrogen) atoms. The van der Waals surface area contributed by atoms with Crippen molar-refractivity contribution in [3.05, 3.63) is 0 Å². The van der Waals surface area contributed by atoms with E-state index in [4.69, 9.17) is 18.9 Å². The number of amides is 1. The number of aliphatic hydroxyl groups excluding tert-OH is 2. The van der Waals surface area contributed by atoms with Crippen LogP contribution >= 0.6 is 0 Å². The first-order chi connectivity index (χ1) is 14.3. The van der Waals surface area contributed by atoms with Crippen molar-refractivity contribution in [1.29, 1.82) is 0 Å².